The number of nitrogens with zero attached hydrogens (tertiary/aromatic N) is 2. The maximum Gasteiger partial charge on any atom is 0.352 e. The molecule has 4 N–H and O–H groups in total. The Morgan fingerprint density at radius 3 is 2.77 bits per heavy atom. The van der Waals surface area contributed by atoms with E-state index in [2.05, 4.69) is 10.3 Å². The summed E-state index contributed by atoms with van der Waals surface area (Å²) in [6.45, 7) is 0. The summed E-state index contributed by atoms with van der Waals surface area (Å²) in [6.07, 6.45) is 1.41. The number of halogens is 1. The second kappa shape index (κ2) is 7.09. The van der Waals surface area contributed by atoms with Crippen LogP contribution >= 0.6 is 34.7 Å². The molecule has 2 aliphatic heterocycles. The summed E-state index contributed by atoms with van der Waals surface area (Å²) in [4.78, 5) is 52.8. The zero-order chi connectivity index (χ0) is 19.0. The third kappa shape index (κ3) is 3.08. The van der Waals surface area contributed by atoms with E-state index in [9.17, 15) is 24.3 Å². The molecule has 1 fully saturated rings. The SMILES string of the molecule is Nc1nc(C(=O)C(=O)NC2C(=O)N3C(C(=O)O)=C(C=CCl)CS[C@@H]23)cs1. The number of ketones is 1. The van der Waals surface area contributed by atoms with Crippen LogP contribution in [0.2, 0.25) is 0 Å². The zero-order valence-corrected chi connectivity index (χ0v) is 15.2. The second-order valence-corrected chi connectivity index (χ2v) is 7.48. The number of thioether (sulfide) groups is 1. The minimum Gasteiger partial charge on any atom is -0.477 e. The highest BCUT2D eigenvalue weighted by Gasteiger charge is 2.54. The number of carboxylic acids is 1. The van der Waals surface area contributed by atoms with Gasteiger partial charge in [0.15, 0.2) is 5.13 Å². The Kier molecular flexibility index (Phi) is 5.03. The van der Waals surface area contributed by atoms with Crippen molar-refractivity contribution in [3.63, 3.8) is 0 Å². The Hall–Kier alpha value is -2.37. The lowest BCUT2D eigenvalue weighted by atomic mass is 10.0. The Bertz CT molecular complexity index is 880. The smallest absolute Gasteiger partial charge is 0.352 e. The summed E-state index contributed by atoms with van der Waals surface area (Å²) < 4.78 is 0. The fourth-order valence-corrected chi connectivity index (χ4v) is 4.58. The van der Waals surface area contributed by atoms with E-state index in [1.165, 1.54) is 28.8 Å². The molecular weight excluding hydrogens is 404 g/mol. The third-order valence-corrected chi connectivity index (χ3v) is 5.81. The number of carbonyl (C=O) groups is 4. The van der Waals surface area contributed by atoms with Crippen LogP contribution in [-0.2, 0) is 14.4 Å². The molecule has 3 heterocycles. The van der Waals surface area contributed by atoms with E-state index < -0.39 is 35.0 Å². The minimum absolute atomic E-state index is 0.106. The number of aromatic nitrogens is 1. The van der Waals surface area contributed by atoms with Crippen LogP contribution in [0.25, 0.3) is 0 Å². The Balaban J connectivity index is 1.75. The number of nitrogen functional groups attached to an aromatic ring is 1. The molecule has 9 nitrogen and oxygen atoms in total. The molecule has 0 saturated carbocycles. The van der Waals surface area contributed by atoms with Gasteiger partial charge in [-0.25, -0.2) is 9.78 Å². The number of anilines is 1. The second-order valence-electron chi connectivity index (χ2n) is 5.23. The minimum atomic E-state index is -1.27. The molecule has 0 aromatic carbocycles. The number of rotatable bonds is 5. The van der Waals surface area contributed by atoms with Crippen LogP contribution in [0, 0.1) is 0 Å². The van der Waals surface area contributed by atoms with Crippen molar-refractivity contribution < 1.29 is 24.3 Å². The maximum absolute atomic E-state index is 12.4. The van der Waals surface area contributed by atoms with E-state index in [4.69, 9.17) is 17.3 Å². The molecule has 0 bridgehead atoms. The number of hydrogen-bond donors (Lipinski definition) is 3. The topological polar surface area (TPSA) is 143 Å². The molecule has 1 aromatic rings. The molecular formula is C14H11ClN4O5S2. The van der Waals surface area contributed by atoms with Gasteiger partial charge in [0.1, 0.15) is 22.8 Å². The van der Waals surface area contributed by atoms with E-state index in [1.807, 2.05) is 0 Å². The number of β-lactam (4-membered cyclic amide) rings is 1. The maximum atomic E-state index is 12.4. The van der Waals surface area contributed by atoms with E-state index in [0.29, 0.717) is 11.3 Å². The first-order chi connectivity index (χ1) is 12.3. The number of hydrogen-bond acceptors (Lipinski definition) is 8. The number of carboxylic acid groups (broad SMARTS) is 1. The number of thiazole rings is 1. The van der Waals surface area contributed by atoms with Crippen LogP contribution in [0.1, 0.15) is 10.5 Å². The van der Waals surface area contributed by atoms with Gasteiger partial charge in [-0.05, 0) is 11.6 Å². The molecule has 12 heteroatoms. The molecule has 2 amide bonds. The molecule has 0 spiro atoms. The highest BCUT2D eigenvalue weighted by Crippen LogP contribution is 2.40. The van der Waals surface area contributed by atoms with Gasteiger partial charge < -0.3 is 16.2 Å². The molecule has 1 unspecified atom stereocenters. The van der Waals surface area contributed by atoms with Crippen LogP contribution in [0.5, 0.6) is 0 Å². The predicted molar refractivity (Wildman–Crippen MR) is 95.5 cm³/mol. The van der Waals surface area contributed by atoms with E-state index >= 15 is 0 Å². The van der Waals surface area contributed by atoms with Crippen molar-refractivity contribution >= 4 is 63.4 Å². The number of allylic oxidation sites excluding steroid dienone is 1. The van der Waals surface area contributed by atoms with Crippen LogP contribution < -0.4 is 11.1 Å². The average molecular weight is 415 g/mol. The molecule has 0 aliphatic carbocycles. The number of amides is 2. The van der Waals surface area contributed by atoms with Crippen LogP contribution in [0.15, 0.2) is 28.3 Å². The summed E-state index contributed by atoms with van der Waals surface area (Å²) >= 11 is 7.78. The summed E-state index contributed by atoms with van der Waals surface area (Å²) in [5.74, 6) is -3.50. The van der Waals surface area contributed by atoms with Crippen molar-refractivity contribution in [2.75, 3.05) is 11.5 Å². The molecule has 1 saturated heterocycles. The fourth-order valence-electron chi connectivity index (χ4n) is 2.56. The summed E-state index contributed by atoms with van der Waals surface area (Å²) in [6, 6.07) is -0.997. The van der Waals surface area contributed by atoms with Gasteiger partial charge >= 0.3 is 5.97 Å². The number of Topliss-reactive ketones (excluding diaryl/α,β-unsaturated/α-hetero) is 1. The number of fused-ring (bicyclic) bond motifs is 1. The number of aliphatic carboxylic acids is 1. The molecule has 1 aromatic heterocycles. The van der Waals surface area contributed by atoms with Gasteiger partial charge in [0, 0.05) is 16.7 Å². The van der Waals surface area contributed by atoms with Crippen LogP contribution in [0.3, 0.4) is 0 Å². The summed E-state index contributed by atoms with van der Waals surface area (Å²) in [7, 11) is 0. The van der Waals surface area contributed by atoms with Crippen LogP contribution in [0.4, 0.5) is 5.13 Å². The van der Waals surface area contributed by atoms with Gasteiger partial charge in [0.05, 0.1) is 0 Å². The van der Waals surface area contributed by atoms with E-state index in [-0.39, 0.29) is 16.5 Å². The largest absolute Gasteiger partial charge is 0.477 e. The lowest BCUT2D eigenvalue weighted by Crippen LogP contribution is -2.71. The third-order valence-electron chi connectivity index (χ3n) is 3.71. The number of carbonyl (C=O) groups excluding carboxylic acids is 3. The van der Waals surface area contributed by atoms with Crippen LogP contribution in [-0.4, -0.2) is 55.7 Å². The number of nitrogens with two attached hydrogens (primary N) is 1. The zero-order valence-electron chi connectivity index (χ0n) is 12.8. The molecule has 2 atom stereocenters. The predicted octanol–water partition coefficient (Wildman–Crippen LogP) is 0.399. The Labute approximate surface area is 159 Å². The van der Waals surface area contributed by atoms with Gasteiger partial charge in [0.2, 0.25) is 0 Å². The van der Waals surface area contributed by atoms with E-state index in [1.54, 1.807) is 0 Å². The van der Waals surface area contributed by atoms with Crippen molar-refractivity contribution in [3.05, 3.63) is 34.0 Å². The number of nitrogens with one attached hydrogen (secondary N) is 1. The van der Waals surface area contributed by atoms with Crippen molar-refractivity contribution in [1.82, 2.24) is 15.2 Å². The van der Waals surface area contributed by atoms with Crippen molar-refractivity contribution in [3.8, 4) is 0 Å². The van der Waals surface area contributed by atoms with E-state index in [0.717, 1.165) is 16.2 Å². The molecule has 136 valence electrons. The lowest BCUT2D eigenvalue weighted by Gasteiger charge is -2.49. The molecule has 2 aliphatic rings. The van der Waals surface area contributed by atoms with Crippen molar-refractivity contribution in [2.24, 2.45) is 0 Å². The fraction of sp³-hybridized carbons (Fsp3) is 0.214. The quantitative estimate of drug-likeness (QED) is 0.357. The highest BCUT2D eigenvalue weighted by molar-refractivity contribution is 8.00. The standard InChI is InChI=1S/C14H11ClN4O5S2/c15-2-1-5-3-25-12-7(11(22)19(12)8(5)13(23)24)18-10(21)9(20)6-4-26-14(16)17-6/h1-2,4,7,12H,3H2,(H2,16,17)(H,18,21)(H,23,24)/t7?,12-/m0/s1. The first kappa shape index (κ1) is 18.4. The molecule has 26 heavy (non-hydrogen) atoms. The monoisotopic (exact) mass is 414 g/mol. The van der Waals surface area contributed by atoms with Gasteiger partial charge in [-0.3, -0.25) is 19.3 Å². The highest BCUT2D eigenvalue weighted by atomic mass is 35.5. The van der Waals surface area contributed by atoms with Crippen molar-refractivity contribution in [1.29, 1.82) is 0 Å². The van der Waals surface area contributed by atoms with Crippen molar-refractivity contribution in [2.45, 2.75) is 11.4 Å². The lowest BCUT2D eigenvalue weighted by molar-refractivity contribution is -0.150. The van der Waals surface area contributed by atoms with Gasteiger partial charge in [-0.15, -0.1) is 23.1 Å². The Morgan fingerprint density at radius 1 is 1.46 bits per heavy atom. The first-order valence-electron chi connectivity index (χ1n) is 7.09. The average Bonchev–Trinajstić information content (AvgIpc) is 3.04. The summed E-state index contributed by atoms with van der Waals surface area (Å²) in [5.41, 5.74) is 6.70. The van der Waals surface area contributed by atoms with Gasteiger partial charge in [-0.1, -0.05) is 11.6 Å². The summed E-state index contributed by atoms with van der Waals surface area (Å²) in [5, 5.41) is 12.6. The molecule has 3 rings (SSSR count). The first-order valence-corrected chi connectivity index (χ1v) is 9.45. The Morgan fingerprint density at radius 2 is 2.19 bits per heavy atom. The normalized spacial score (nSPS) is 22.2. The van der Waals surface area contributed by atoms with Gasteiger partial charge in [-0.2, -0.15) is 0 Å². The van der Waals surface area contributed by atoms with Gasteiger partial charge in [0.25, 0.3) is 17.6 Å². The molecule has 0 radical (unpaired) electrons.